The molecule has 0 aromatic heterocycles. The normalized spacial score (nSPS) is 13.8. The highest BCUT2D eigenvalue weighted by Crippen LogP contribution is 2.24. The van der Waals surface area contributed by atoms with Gasteiger partial charge in [0.05, 0.1) is 12.2 Å². The van der Waals surface area contributed by atoms with Crippen LogP contribution in [0.25, 0.3) is 0 Å². The fraction of sp³-hybridized carbons (Fsp3) is 0.360. The molecule has 6 heteroatoms. The lowest BCUT2D eigenvalue weighted by atomic mass is 9.95. The molecule has 3 rings (SSSR count). The van der Waals surface area contributed by atoms with E-state index in [0.717, 1.165) is 24.1 Å². The fourth-order valence-electron chi connectivity index (χ4n) is 3.53. The van der Waals surface area contributed by atoms with Gasteiger partial charge in [-0.05, 0) is 61.7 Å². The lowest BCUT2D eigenvalue weighted by molar-refractivity contribution is -0.114. The summed E-state index contributed by atoms with van der Waals surface area (Å²) in [6.07, 6.45) is 5.73. The number of hydrogen-bond donors (Lipinski definition) is 3. The Labute approximate surface area is 184 Å². The number of carbonyl (C=O) groups excluding carboxylic acids is 2. The van der Waals surface area contributed by atoms with Gasteiger partial charge in [0.15, 0.2) is 0 Å². The highest BCUT2D eigenvalue weighted by molar-refractivity contribution is 5.96. The fourth-order valence-corrected chi connectivity index (χ4v) is 3.53. The van der Waals surface area contributed by atoms with Crippen molar-refractivity contribution in [1.29, 1.82) is 0 Å². The monoisotopic (exact) mass is 421 g/mol. The van der Waals surface area contributed by atoms with Crippen molar-refractivity contribution in [1.82, 2.24) is 5.32 Å². The summed E-state index contributed by atoms with van der Waals surface area (Å²) in [6.45, 7) is 6.20. The van der Waals surface area contributed by atoms with Crippen molar-refractivity contribution in [3.8, 4) is 5.75 Å². The number of carbonyl (C=O) groups is 2. The Bertz CT molecular complexity index is 902. The molecule has 6 nitrogen and oxygen atoms in total. The Kier molecular flexibility index (Phi) is 8.10. The first kappa shape index (κ1) is 22.4. The van der Waals surface area contributed by atoms with Crippen LogP contribution >= 0.6 is 0 Å². The second kappa shape index (κ2) is 11.2. The van der Waals surface area contributed by atoms with Crippen molar-refractivity contribution in [3.05, 3.63) is 66.2 Å². The van der Waals surface area contributed by atoms with Crippen LogP contribution in [0.15, 0.2) is 60.7 Å². The molecule has 1 aliphatic rings. The van der Waals surface area contributed by atoms with E-state index < -0.39 is 0 Å². The Morgan fingerprint density at radius 1 is 1.03 bits per heavy atom. The summed E-state index contributed by atoms with van der Waals surface area (Å²) in [5.74, 6) is 0.375. The summed E-state index contributed by atoms with van der Waals surface area (Å²) < 4.78 is 5.68. The van der Waals surface area contributed by atoms with E-state index in [1.54, 1.807) is 18.2 Å². The van der Waals surface area contributed by atoms with Crippen LogP contribution in [0.5, 0.6) is 5.75 Å². The largest absolute Gasteiger partial charge is 0.487 e. The highest BCUT2D eigenvalue weighted by Gasteiger charge is 2.16. The maximum Gasteiger partial charge on any atom is 0.251 e. The van der Waals surface area contributed by atoms with E-state index in [-0.39, 0.29) is 24.4 Å². The molecule has 0 atom stereocenters. The van der Waals surface area contributed by atoms with Gasteiger partial charge in [-0.2, -0.15) is 0 Å². The number of nitrogens with one attached hydrogen (secondary N) is 3. The number of para-hydroxylation sites is 2. The molecule has 1 fully saturated rings. The van der Waals surface area contributed by atoms with Gasteiger partial charge in [0.25, 0.3) is 5.91 Å². The van der Waals surface area contributed by atoms with Crippen LogP contribution in [0.1, 0.15) is 49.4 Å². The number of rotatable bonds is 9. The van der Waals surface area contributed by atoms with Crippen LogP contribution in [0, 0.1) is 0 Å². The zero-order valence-electron chi connectivity index (χ0n) is 18.1. The van der Waals surface area contributed by atoms with Crippen LogP contribution in [0.3, 0.4) is 0 Å². The molecule has 1 saturated carbocycles. The van der Waals surface area contributed by atoms with E-state index in [1.165, 1.54) is 19.3 Å². The van der Waals surface area contributed by atoms with Gasteiger partial charge in [-0.3, -0.25) is 9.59 Å². The van der Waals surface area contributed by atoms with E-state index in [2.05, 4.69) is 22.5 Å². The molecule has 0 bridgehead atoms. The molecule has 1 aliphatic carbocycles. The molecule has 164 valence electrons. The third-order valence-electron chi connectivity index (χ3n) is 5.18. The van der Waals surface area contributed by atoms with E-state index in [1.807, 2.05) is 37.3 Å². The summed E-state index contributed by atoms with van der Waals surface area (Å²) in [5.41, 5.74) is 2.92. The van der Waals surface area contributed by atoms with Gasteiger partial charge >= 0.3 is 0 Å². The van der Waals surface area contributed by atoms with Gasteiger partial charge in [-0.25, -0.2) is 0 Å². The van der Waals surface area contributed by atoms with E-state index in [0.29, 0.717) is 23.6 Å². The van der Waals surface area contributed by atoms with Crippen molar-refractivity contribution < 1.29 is 14.3 Å². The standard InChI is InChI=1S/C25H31N3O3/c1-18(2)17-31-23-11-7-6-10-22(23)28-24(29)16-26-20-14-12-19(13-15-20)25(30)27-21-8-4-3-5-9-21/h6-7,10-15,21,26H,1,3-5,8-9,16-17H2,2H3,(H,27,30)(H,28,29). The molecule has 0 heterocycles. The number of ether oxygens (including phenoxy) is 1. The number of anilines is 2. The maximum absolute atomic E-state index is 12.4. The third kappa shape index (κ3) is 7.17. The van der Waals surface area contributed by atoms with Crippen LogP contribution in [0.4, 0.5) is 11.4 Å². The number of benzene rings is 2. The molecule has 0 saturated heterocycles. The summed E-state index contributed by atoms with van der Waals surface area (Å²) >= 11 is 0. The predicted molar refractivity (Wildman–Crippen MR) is 125 cm³/mol. The molecule has 2 aromatic carbocycles. The Hall–Kier alpha value is -3.28. The molecular weight excluding hydrogens is 390 g/mol. The molecule has 0 spiro atoms. The van der Waals surface area contributed by atoms with Crippen LogP contribution in [-0.2, 0) is 4.79 Å². The van der Waals surface area contributed by atoms with Gasteiger partial charge < -0.3 is 20.7 Å². The third-order valence-corrected chi connectivity index (χ3v) is 5.18. The summed E-state index contributed by atoms with van der Waals surface area (Å²) in [7, 11) is 0. The first-order valence-electron chi connectivity index (χ1n) is 10.8. The molecule has 2 aromatic rings. The first-order chi connectivity index (χ1) is 15.0. The van der Waals surface area contributed by atoms with Crippen molar-refractivity contribution in [2.75, 3.05) is 23.8 Å². The molecule has 2 amide bonds. The minimum absolute atomic E-state index is 0.0393. The molecule has 31 heavy (non-hydrogen) atoms. The summed E-state index contributed by atoms with van der Waals surface area (Å²) in [4.78, 5) is 24.8. The Balaban J connectivity index is 1.48. The van der Waals surface area contributed by atoms with Crippen LogP contribution in [0.2, 0.25) is 0 Å². The first-order valence-corrected chi connectivity index (χ1v) is 10.8. The average Bonchev–Trinajstić information content (AvgIpc) is 2.78. The Morgan fingerprint density at radius 2 is 1.74 bits per heavy atom. The van der Waals surface area contributed by atoms with Crippen molar-refractivity contribution >= 4 is 23.2 Å². The summed E-state index contributed by atoms with van der Waals surface area (Å²) in [6, 6.07) is 14.8. The van der Waals surface area contributed by atoms with Crippen molar-refractivity contribution in [2.45, 2.75) is 45.1 Å². The minimum Gasteiger partial charge on any atom is -0.487 e. The van der Waals surface area contributed by atoms with Gasteiger partial charge in [-0.1, -0.05) is 38.0 Å². The highest BCUT2D eigenvalue weighted by atomic mass is 16.5. The molecule has 0 unspecified atom stereocenters. The molecule has 0 aliphatic heterocycles. The molecule has 0 radical (unpaired) electrons. The number of hydrogen-bond acceptors (Lipinski definition) is 4. The second-order valence-electron chi connectivity index (χ2n) is 8.03. The SMILES string of the molecule is C=C(C)COc1ccccc1NC(=O)CNc1ccc(C(=O)NC2CCCCC2)cc1. The van der Waals surface area contributed by atoms with Gasteiger partial charge in [-0.15, -0.1) is 0 Å². The van der Waals surface area contributed by atoms with Gasteiger partial charge in [0.2, 0.25) is 5.91 Å². The van der Waals surface area contributed by atoms with Crippen LogP contribution in [-0.4, -0.2) is 31.0 Å². The van der Waals surface area contributed by atoms with E-state index >= 15 is 0 Å². The van der Waals surface area contributed by atoms with Gasteiger partial charge in [0, 0.05) is 17.3 Å². The molecular formula is C25H31N3O3. The second-order valence-corrected chi connectivity index (χ2v) is 8.03. The zero-order chi connectivity index (χ0) is 22.1. The van der Waals surface area contributed by atoms with Gasteiger partial charge in [0.1, 0.15) is 12.4 Å². The predicted octanol–water partition coefficient (Wildman–Crippen LogP) is 4.75. The Morgan fingerprint density at radius 3 is 2.45 bits per heavy atom. The van der Waals surface area contributed by atoms with Crippen molar-refractivity contribution in [3.63, 3.8) is 0 Å². The average molecular weight is 422 g/mol. The summed E-state index contributed by atoms with van der Waals surface area (Å²) in [5, 5.41) is 9.06. The lowest BCUT2D eigenvalue weighted by Crippen LogP contribution is -2.36. The van der Waals surface area contributed by atoms with E-state index in [9.17, 15) is 9.59 Å². The lowest BCUT2D eigenvalue weighted by Gasteiger charge is -2.22. The quantitative estimate of drug-likeness (QED) is 0.510. The topological polar surface area (TPSA) is 79.5 Å². The number of amides is 2. The zero-order valence-corrected chi connectivity index (χ0v) is 18.1. The molecule has 3 N–H and O–H groups in total. The van der Waals surface area contributed by atoms with E-state index in [4.69, 9.17) is 4.74 Å². The minimum atomic E-state index is -0.189. The maximum atomic E-state index is 12.4. The van der Waals surface area contributed by atoms with Crippen LogP contribution < -0.4 is 20.7 Å². The smallest absolute Gasteiger partial charge is 0.251 e. The van der Waals surface area contributed by atoms with Crippen molar-refractivity contribution in [2.24, 2.45) is 0 Å².